The van der Waals surface area contributed by atoms with Crippen molar-refractivity contribution in [2.75, 3.05) is 13.7 Å². The molecular weight excluding hydrogens is 396 g/mol. The normalized spacial score (nSPS) is 10.9. The lowest BCUT2D eigenvalue weighted by atomic mass is 10.1. The molecule has 0 aliphatic rings. The number of ether oxygens (including phenoxy) is 1. The van der Waals surface area contributed by atoms with E-state index in [4.69, 9.17) is 16.3 Å². The van der Waals surface area contributed by atoms with Crippen molar-refractivity contribution in [3.8, 4) is 17.0 Å². The molecule has 2 N–H and O–H groups in total. The third kappa shape index (κ3) is 3.72. The molecule has 2 aromatic carbocycles. The fraction of sp³-hybridized carbons (Fsp3) is 0.150. The van der Waals surface area contributed by atoms with Crippen molar-refractivity contribution in [2.24, 2.45) is 0 Å². The monoisotopic (exact) mass is 412 g/mol. The molecule has 0 saturated carbocycles. The zero-order chi connectivity index (χ0) is 19.5. The molecule has 0 unspecified atom stereocenters. The van der Waals surface area contributed by atoms with Crippen LogP contribution in [-0.4, -0.2) is 34.1 Å². The second-order valence-corrected chi connectivity index (χ2v) is 7.38. The number of amides is 1. The number of nitrogens with zero attached hydrogens (tertiary/aromatic N) is 2. The first kappa shape index (κ1) is 18.5. The maximum atomic E-state index is 12.6. The molecule has 4 rings (SSSR count). The van der Waals surface area contributed by atoms with E-state index in [0.717, 1.165) is 39.3 Å². The van der Waals surface area contributed by atoms with E-state index in [-0.39, 0.29) is 5.91 Å². The van der Waals surface area contributed by atoms with Gasteiger partial charge in [0.2, 0.25) is 0 Å². The van der Waals surface area contributed by atoms with Gasteiger partial charge in [-0.15, -0.1) is 5.10 Å². The van der Waals surface area contributed by atoms with E-state index >= 15 is 0 Å². The molecule has 0 radical (unpaired) electrons. The fourth-order valence-corrected chi connectivity index (χ4v) is 3.80. The maximum absolute atomic E-state index is 12.6. The van der Waals surface area contributed by atoms with Gasteiger partial charge in [0, 0.05) is 34.2 Å². The summed E-state index contributed by atoms with van der Waals surface area (Å²) < 4.78 is 9.12. The lowest BCUT2D eigenvalue weighted by Crippen LogP contribution is -2.25. The lowest BCUT2D eigenvalue weighted by Gasteiger charge is -2.05. The Hall–Kier alpha value is -2.90. The first-order chi connectivity index (χ1) is 13.7. The molecule has 142 valence electrons. The molecule has 0 aliphatic heterocycles. The molecule has 28 heavy (non-hydrogen) atoms. The van der Waals surface area contributed by atoms with Crippen molar-refractivity contribution >= 4 is 39.9 Å². The highest BCUT2D eigenvalue weighted by Crippen LogP contribution is 2.26. The van der Waals surface area contributed by atoms with Gasteiger partial charge in [-0.3, -0.25) is 4.79 Å². The van der Waals surface area contributed by atoms with Crippen LogP contribution in [0.1, 0.15) is 15.2 Å². The van der Waals surface area contributed by atoms with Crippen LogP contribution in [0.25, 0.3) is 22.2 Å². The van der Waals surface area contributed by atoms with Gasteiger partial charge in [-0.25, -0.2) is 0 Å². The molecule has 6 nitrogen and oxygen atoms in total. The Morgan fingerprint density at radius 3 is 2.86 bits per heavy atom. The van der Waals surface area contributed by atoms with Crippen LogP contribution >= 0.6 is 23.1 Å². The molecule has 0 fully saturated rings. The van der Waals surface area contributed by atoms with Gasteiger partial charge >= 0.3 is 0 Å². The molecule has 0 spiro atoms. The average Bonchev–Trinajstić information content (AvgIpc) is 3.35. The van der Waals surface area contributed by atoms with Gasteiger partial charge in [-0.1, -0.05) is 16.1 Å². The number of carbonyl (C=O) groups excluding carboxylic acids is 1. The molecule has 0 aliphatic carbocycles. The highest BCUT2D eigenvalue weighted by atomic mass is 35.5. The van der Waals surface area contributed by atoms with E-state index in [1.165, 1.54) is 0 Å². The molecule has 2 aromatic heterocycles. The number of carbonyl (C=O) groups is 1. The van der Waals surface area contributed by atoms with Crippen molar-refractivity contribution in [3.05, 3.63) is 64.1 Å². The summed E-state index contributed by atoms with van der Waals surface area (Å²) in [4.78, 5) is 16.3. The van der Waals surface area contributed by atoms with E-state index in [1.807, 2.05) is 48.7 Å². The van der Waals surface area contributed by atoms with Crippen LogP contribution in [0.15, 0.2) is 48.7 Å². The van der Waals surface area contributed by atoms with Crippen molar-refractivity contribution in [1.82, 2.24) is 19.9 Å². The minimum absolute atomic E-state index is 0.182. The molecule has 0 bridgehead atoms. The first-order valence-electron chi connectivity index (χ1n) is 8.66. The Morgan fingerprint density at radius 1 is 1.25 bits per heavy atom. The fourth-order valence-electron chi connectivity index (χ4n) is 3.03. The van der Waals surface area contributed by atoms with Crippen LogP contribution < -0.4 is 10.1 Å². The number of aromatic amines is 1. The number of halogens is 1. The molecule has 1 amide bonds. The standard InChI is InChI=1S/C20H17ClN4O2S/c1-27-15-5-2-12(3-6-15)18-19(28-25-24-18)20(26)22-9-8-13-11-23-17-7-4-14(21)10-16(13)17/h2-7,10-11,23H,8-9H2,1H3,(H,22,26). The van der Waals surface area contributed by atoms with Crippen LogP contribution in [0.3, 0.4) is 0 Å². The number of nitrogens with one attached hydrogen (secondary N) is 2. The summed E-state index contributed by atoms with van der Waals surface area (Å²) in [7, 11) is 1.61. The molecule has 0 atom stereocenters. The Labute approximate surface area is 170 Å². The first-order valence-corrected chi connectivity index (χ1v) is 9.81. The lowest BCUT2D eigenvalue weighted by molar-refractivity contribution is 0.0958. The van der Waals surface area contributed by atoms with Crippen molar-refractivity contribution in [1.29, 1.82) is 0 Å². The summed E-state index contributed by atoms with van der Waals surface area (Å²) in [6, 6.07) is 13.1. The summed E-state index contributed by atoms with van der Waals surface area (Å²) >= 11 is 7.18. The zero-order valence-corrected chi connectivity index (χ0v) is 16.6. The summed E-state index contributed by atoms with van der Waals surface area (Å²) in [5, 5.41) is 8.84. The van der Waals surface area contributed by atoms with E-state index in [9.17, 15) is 4.79 Å². The second-order valence-electron chi connectivity index (χ2n) is 6.19. The van der Waals surface area contributed by atoms with Gasteiger partial charge in [0.15, 0.2) is 0 Å². The second kappa shape index (κ2) is 8.00. The minimum Gasteiger partial charge on any atom is -0.497 e. The van der Waals surface area contributed by atoms with E-state index in [0.29, 0.717) is 28.6 Å². The Kier molecular flexibility index (Phi) is 5.27. The Balaban J connectivity index is 1.44. The number of hydrogen-bond acceptors (Lipinski definition) is 5. The SMILES string of the molecule is COc1ccc(-c2nnsc2C(=O)NCCc2c[nH]c3ccc(Cl)cc23)cc1. The van der Waals surface area contributed by atoms with Gasteiger partial charge in [0.1, 0.15) is 16.3 Å². The van der Waals surface area contributed by atoms with Gasteiger partial charge in [-0.05, 0) is 66.0 Å². The maximum Gasteiger partial charge on any atom is 0.265 e. The van der Waals surface area contributed by atoms with Crippen LogP contribution in [0.2, 0.25) is 5.02 Å². The summed E-state index contributed by atoms with van der Waals surface area (Å²) in [5.74, 6) is 0.565. The number of benzene rings is 2. The quantitative estimate of drug-likeness (QED) is 0.494. The topological polar surface area (TPSA) is 79.9 Å². The smallest absolute Gasteiger partial charge is 0.265 e. The number of fused-ring (bicyclic) bond motifs is 1. The number of H-pyrrole nitrogens is 1. The largest absolute Gasteiger partial charge is 0.497 e. The third-order valence-electron chi connectivity index (χ3n) is 4.47. The van der Waals surface area contributed by atoms with Crippen LogP contribution in [0.5, 0.6) is 5.75 Å². The third-order valence-corrected chi connectivity index (χ3v) is 5.43. The highest BCUT2D eigenvalue weighted by Gasteiger charge is 2.17. The van der Waals surface area contributed by atoms with Crippen molar-refractivity contribution in [2.45, 2.75) is 6.42 Å². The van der Waals surface area contributed by atoms with Crippen molar-refractivity contribution in [3.63, 3.8) is 0 Å². The summed E-state index contributed by atoms with van der Waals surface area (Å²) in [6.45, 7) is 0.498. The van der Waals surface area contributed by atoms with E-state index < -0.39 is 0 Å². The molecule has 2 heterocycles. The van der Waals surface area contributed by atoms with Gasteiger partial charge in [0.25, 0.3) is 5.91 Å². The number of rotatable bonds is 6. The number of hydrogen-bond donors (Lipinski definition) is 2. The van der Waals surface area contributed by atoms with Crippen molar-refractivity contribution < 1.29 is 9.53 Å². The highest BCUT2D eigenvalue weighted by molar-refractivity contribution is 7.08. The predicted octanol–water partition coefficient (Wildman–Crippen LogP) is 4.32. The average molecular weight is 413 g/mol. The van der Waals surface area contributed by atoms with E-state index in [2.05, 4.69) is 19.9 Å². The summed E-state index contributed by atoms with van der Waals surface area (Å²) in [6.07, 6.45) is 2.64. The predicted molar refractivity (Wildman–Crippen MR) is 111 cm³/mol. The van der Waals surface area contributed by atoms with Crippen LogP contribution in [0.4, 0.5) is 0 Å². The van der Waals surface area contributed by atoms with Crippen LogP contribution in [0, 0.1) is 0 Å². The van der Waals surface area contributed by atoms with E-state index in [1.54, 1.807) is 7.11 Å². The van der Waals surface area contributed by atoms with Gasteiger partial charge < -0.3 is 15.0 Å². The van der Waals surface area contributed by atoms with Crippen LogP contribution in [-0.2, 0) is 6.42 Å². The van der Waals surface area contributed by atoms with Gasteiger partial charge in [0.05, 0.1) is 7.11 Å². The molecule has 0 saturated heterocycles. The number of methoxy groups -OCH3 is 1. The Bertz CT molecular complexity index is 1120. The van der Waals surface area contributed by atoms with Gasteiger partial charge in [-0.2, -0.15) is 0 Å². The number of aromatic nitrogens is 3. The zero-order valence-electron chi connectivity index (χ0n) is 15.0. The summed E-state index contributed by atoms with van der Waals surface area (Å²) in [5.41, 5.74) is 3.53. The molecular formula is C20H17ClN4O2S. The molecule has 4 aromatic rings. The Morgan fingerprint density at radius 2 is 2.07 bits per heavy atom. The molecule has 8 heteroatoms. The minimum atomic E-state index is -0.182.